The van der Waals surface area contributed by atoms with E-state index in [1.165, 1.54) is 0 Å². The molecule has 0 bridgehead atoms. The Morgan fingerprint density at radius 2 is 1.03 bits per heavy atom. The summed E-state index contributed by atoms with van der Waals surface area (Å²) in [5, 5.41) is 20.8. The number of hydrogen-bond donors (Lipinski definition) is 2. The van der Waals surface area contributed by atoms with Crippen molar-refractivity contribution >= 4 is 11.9 Å². The Labute approximate surface area is 223 Å². The molecule has 38 heavy (non-hydrogen) atoms. The second-order valence-corrected chi connectivity index (χ2v) is 9.02. The van der Waals surface area contributed by atoms with Crippen LogP contribution in [-0.4, -0.2) is 110 Å². The van der Waals surface area contributed by atoms with Crippen molar-refractivity contribution < 1.29 is 38.7 Å². The summed E-state index contributed by atoms with van der Waals surface area (Å²) in [7, 11) is 0. The number of β-amino-alcohol motifs (C(OH)–C–C–N with tert-alkyl or cyclic N) is 2. The molecule has 2 N–H and O–H groups in total. The van der Waals surface area contributed by atoms with E-state index in [9.17, 15) is 19.8 Å². The third-order valence-electron chi connectivity index (χ3n) is 6.02. The molecular formula is C28H38N2O8. The first-order valence-corrected chi connectivity index (χ1v) is 13.0. The lowest BCUT2D eigenvalue weighted by atomic mass is 10.2. The van der Waals surface area contributed by atoms with Gasteiger partial charge in [-0.25, -0.2) is 9.59 Å². The minimum atomic E-state index is -0.652. The number of aliphatic hydroxyl groups excluding tert-OH is 2. The second-order valence-electron chi connectivity index (χ2n) is 9.02. The van der Waals surface area contributed by atoms with Crippen molar-refractivity contribution in [1.82, 2.24) is 9.80 Å². The molecule has 1 saturated heterocycles. The molecule has 2 atom stereocenters. The molecule has 10 nitrogen and oxygen atoms in total. The van der Waals surface area contributed by atoms with Crippen LogP contribution in [0.4, 0.5) is 0 Å². The van der Waals surface area contributed by atoms with E-state index in [2.05, 4.69) is 9.80 Å². The summed E-state index contributed by atoms with van der Waals surface area (Å²) in [5.41, 5.74) is 0.915. The first-order chi connectivity index (χ1) is 18.4. The fourth-order valence-corrected chi connectivity index (χ4v) is 4.04. The zero-order valence-electron chi connectivity index (χ0n) is 22.1. The summed E-state index contributed by atoms with van der Waals surface area (Å²) < 4.78 is 21.3. The Hall–Kier alpha value is -3.18. The molecular weight excluding hydrogens is 492 g/mol. The monoisotopic (exact) mass is 530 g/mol. The zero-order valence-corrected chi connectivity index (χ0v) is 22.1. The summed E-state index contributed by atoms with van der Waals surface area (Å²) in [5.74, 6) is 0.405. The van der Waals surface area contributed by atoms with Gasteiger partial charge >= 0.3 is 11.9 Å². The van der Waals surface area contributed by atoms with E-state index in [4.69, 9.17) is 18.9 Å². The molecule has 1 aliphatic rings. The Morgan fingerprint density at radius 1 is 0.684 bits per heavy atom. The SMILES string of the molecule is CCOC(=O)c1ccc(OC[C@H](O)CN2CCN(C[C@@H](O)COc3ccc(C(=O)OCC)cc3)CC2)cc1. The van der Waals surface area contributed by atoms with E-state index in [0.717, 1.165) is 26.2 Å². The van der Waals surface area contributed by atoms with Crippen LogP contribution >= 0.6 is 0 Å². The maximum Gasteiger partial charge on any atom is 0.338 e. The predicted octanol–water partition coefficient (Wildman–Crippen LogP) is 1.84. The van der Waals surface area contributed by atoms with Crippen LogP contribution in [0.3, 0.4) is 0 Å². The Balaban J connectivity index is 1.30. The van der Waals surface area contributed by atoms with E-state index in [0.29, 0.717) is 48.9 Å². The number of rotatable bonds is 14. The van der Waals surface area contributed by atoms with Gasteiger partial charge in [0.2, 0.25) is 0 Å². The van der Waals surface area contributed by atoms with Crippen LogP contribution in [0, 0.1) is 0 Å². The molecule has 208 valence electrons. The zero-order chi connectivity index (χ0) is 27.3. The summed E-state index contributed by atoms with van der Waals surface area (Å²) >= 11 is 0. The summed E-state index contributed by atoms with van der Waals surface area (Å²) in [6.07, 6.45) is -1.30. The molecule has 2 aromatic rings. The Bertz CT molecular complexity index is 909. The van der Waals surface area contributed by atoms with E-state index < -0.39 is 12.2 Å². The molecule has 0 radical (unpaired) electrons. The van der Waals surface area contributed by atoms with E-state index in [1.807, 2.05) is 0 Å². The van der Waals surface area contributed by atoms with E-state index in [-0.39, 0.29) is 25.2 Å². The Kier molecular flexibility index (Phi) is 11.8. The molecule has 1 aliphatic heterocycles. The van der Waals surface area contributed by atoms with Gasteiger partial charge in [0.1, 0.15) is 36.9 Å². The molecule has 2 aromatic carbocycles. The van der Waals surface area contributed by atoms with Gasteiger partial charge in [-0.3, -0.25) is 9.80 Å². The molecule has 0 spiro atoms. The average Bonchev–Trinajstić information content (AvgIpc) is 2.92. The fourth-order valence-electron chi connectivity index (χ4n) is 4.04. The lowest BCUT2D eigenvalue weighted by molar-refractivity contribution is 0.0240. The molecule has 0 unspecified atom stereocenters. The Morgan fingerprint density at radius 3 is 1.34 bits per heavy atom. The van der Waals surface area contributed by atoms with E-state index in [1.54, 1.807) is 62.4 Å². The maximum absolute atomic E-state index is 11.7. The summed E-state index contributed by atoms with van der Waals surface area (Å²) in [6.45, 7) is 8.52. The number of benzene rings is 2. The highest BCUT2D eigenvalue weighted by Gasteiger charge is 2.21. The third kappa shape index (κ3) is 9.60. The fraction of sp³-hybridized carbons (Fsp3) is 0.500. The average molecular weight is 531 g/mol. The first kappa shape index (κ1) is 29.4. The third-order valence-corrected chi connectivity index (χ3v) is 6.02. The van der Waals surface area contributed by atoms with Crippen molar-refractivity contribution in [2.75, 3.05) is 65.7 Å². The van der Waals surface area contributed by atoms with Crippen LogP contribution in [0.2, 0.25) is 0 Å². The molecule has 0 saturated carbocycles. The van der Waals surface area contributed by atoms with Gasteiger partial charge in [-0.05, 0) is 62.4 Å². The number of carbonyl (C=O) groups excluding carboxylic acids is 2. The van der Waals surface area contributed by atoms with Gasteiger partial charge in [0.25, 0.3) is 0 Å². The highest BCUT2D eigenvalue weighted by atomic mass is 16.5. The highest BCUT2D eigenvalue weighted by Crippen LogP contribution is 2.15. The van der Waals surface area contributed by atoms with Crippen LogP contribution in [0.15, 0.2) is 48.5 Å². The molecule has 3 rings (SSSR count). The van der Waals surface area contributed by atoms with E-state index >= 15 is 0 Å². The van der Waals surface area contributed by atoms with Gasteiger partial charge in [-0.2, -0.15) is 0 Å². The number of ether oxygens (including phenoxy) is 4. The largest absolute Gasteiger partial charge is 0.491 e. The van der Waals surface area contributed by atoms with Gasteiger partial charge < -0.3 is 29.2 Å². The maximum atomic E-state index is 11.7. The number of piperazine rings is 1. The molecule has 0 amide bonds. The quantitative estimate of drug-likeness (QED) is 0.350. The minimum Gasteiger partial charge on any atom is -0.491 e. The topological polar surface area (TPSA) is 118 Å². The van der Waals surface area contributed by atoms with Crippen molar-refractivity contribution in [1.29, 1.82) is 0 Å². The molecule has 10 heteroatoms. The normalized spacial score (nSPS) is 15.9. The number of carbonyl (C=O) groups is 2. The standard InChI is InChI=1S/C28H38N2O8/c1-3-35-27(33)21-5-9-25(10-6-21)37-19-23(31)17-29-13-15-30(16-14-29)18-24(32)20-38-26-11-7-22(8-12-26)28(34)36-4-2/h5-12,23-24,31-32H,3-4,13-20H2,1-2H3/t23-,24-/m1/s1. The molecule has 1 fully saturated rings. The van der Waals surface area contributed by atoms with Gasteiger partial charge in [0.15, 0.2) is 0 Å². The second kappa shape index (κ2) is 15.3. The number of hydrogen-bond acceptors (Lipinski definition) is 10. The van der Waals surface area contributed by atoms with Gasteiger partial charge in [0, 0.05) is 39.3 Å². The molecule has 1 heterocycles. The van der Waals surface area contributed by atoms with Gasteiger partial charge in [-0.15, -0.1) is 0 Å². The lowest BCUT2D eigenvalue weighted by Gasteiger charge is -2.36. The van der Waals surface area contributed by atoms with Gasteiger partial charge in [-0.1, -0.05) is 0 Å². The van der Waals surface area contributed by atoms with Crippen LogP contribution in [-0.2, 0) is 9.47 Å². The molecule has 0 aliphatic carbocycles. The van der Waals surface area contributed by atoms with Crippen LogP contribution in [0.1, 0.15) is 34.6 Å². The number of esters is 2. The van der Waals surface area contributed by atoms with Crippen LogP contribution in [0.25, 0.3) is 0 Å². The van der Waals surface area contributed by atoms with Crippen molar-refractivity contribution in [2.45, 2.75) is 26.1 Å². The van der Waals surface area contributed by atoms with Crippen molar-refractivity contribution in [3.8, 4) is 11.5 Å². The predicted molar refractivity (Wildman–Crippen MR) is 141 cm³/mol. The highest BCUT2D eigenvalue weighted by molar-refractivity contribution is 5.89. The number of nitrogens with zero attached hydrogens (tertiary/aromatic N) is 2. The first-order valence-electron chi connectivity index (χ1n) is 13.0. The van der Waals surface area contributed by atoms with Crippen molar-refractivity contribution in [3.63, 3.8) is 0 Å². The smallest absolute Gasteiger partial charge is 0.338 e. The molecule has 0 aromatic heterocycles. The minimum absolute atomic E-state index is 0.149. The van der Waals surface area contributed by atoms with Crippen molar-refractivity contribution in [2.24, 2.45) is 0 Å². The van der Waals surface area contributed by atoms with Gasteiger partial charge in [0.05, 0.1) is 24.3 Å². The lowest BCUT2D eigenvalue weighted by Crippen LogP contribution is -2.51. The van der Waals surface area contributed by atoms with Crippen LogP contribution < -0.4 is 9.47 Å². The van der Waals surface area contributed by atoms with Crippen LogP contribution in [0.5, 0.6) is 11.5 Å². The summed E-state index contributed by atoms with van der Waals surface area (Å²) in [4.78, 5) is 27.8. The number of aliphatic hydroxyl groups is 2. The van der Waals surface area contributed by atoms with Crippen molar-refractivity contribution in [3.05, 3.63) is 59.7 Å². The summed E-state index contributed by atoms with van der Waals surface area (Å²) in [6, 6.07) is 13.3.